The van der Waals surface area contributed by atoms with E-state index in [0.717, 1.165) is 37.3 Å². The highest BCUT2D eigenvalue weighted by atomic mass is 16.2. The maximum atomic E-state index is 12.1. The van der Waals surface area contributed by atoms with E-state index in [1.807, 2.05) is 18.0 Å². The quantitative estimate of drug-likeness (QED) is 0.851. The van der Waals surface area contributed by atoms with Crippen molar-refractivity contribution >= 4 is 22.8 Å². The highest BCUT2D eigenvalue weighted by Crippen LogP contribution is 2.25. The van der Waals surface area contributed by atoms with Crippen LogP contribution in [-0.2, 0) is 0 Å². The third-order valence-corrected chi connectivity index (χ3v) is 4.93. The third kappa shape index (κ3) is 3.16. The van der Waals surface area contributed by atoms with Crippen LogP contribution in [0.25, 0.3) is 10.9 Å². The first-order valence-corrected chi connectivity index (χ1v) is 8.53. The normalized spacial score (nSPS) is 15.6. The molecule has 5 heteroatoms. The van der Waals surface area contributed by atoms with Gasteiger partial charge in [0.15, 0.2) is 0 Å². The van der Waals surface area contributed by atoms with Gasteiger partial charge in [0.2, 0.25) is 0 Å². The number of pyridine rings is 1. The van der Waals surface area contributed by atoms with E-state index in [1.165, 1.54) is 10.9 Å². The fourth-order valence-electron chi connectivity index (χ4n) is 3.45. The number of piperidine rings is 1. The number of urea groups is 1. The Morgan fingerprint density at radius 3 is 2.50 bits per heavy atom. The molecule has 0 N–H and O–H groups in total. The number of aromatic nitrogens is 1. The number of hydrogen-bond acceptors (Lipinski definition) is 3. The summed E-state index contributed by atoms with van der Waals surface area (Å²) in [6.07, 6.45) is 1.95. The zero-order valence-corrected chi connectivity index (χ0v) is 15.0. The molecule has 2 aromatic rings. The zero-order valence-electron chi connectivity index (χ0n) is 15.0. The number of nitrogens with zero attached hydrogens (tertiary/aromatic N) is 4. The van der Waals surface area contributed by atoms with Crippen LogP contribution >= 0.6 is 0 Å². The lowest BCUT2D eigenvalue weighted by Gasteiger charge is -2.38. The Morgan fingerprint density at radius 1 is 1.17 bits per heavy atom. The molecule has 0 aliphatic carbocycles. The fraction of sp³-hybridized carbons (Fsp3) is 0.474. The van der Waals surface area contributed by atoms with Gasteiger partial charge < -0.3 is 14.7 Å². The molecule has 1 saturated heterocycles. The van der Waals surface area contributed by atoms with Gasteiger partial charge in [-0.15, -0.1) is 0 Å². The molecular formula is C19H26N4O. The number of rotatable bonds is 2. The second-order valence-electron chi connectivity index (χ2n) is 6.82. The lowest BCUT2D eigenvalue weighted by molar-refractivity contribution is 0.155. The average Bonchev–Trinajstić information content (AvgIpc) is 2.60. The molecule has 0 unspecified atom stereocenters. The van der Waals surface area contributed by atoms with Gasteiger partial charge in [0.25, 0.3) is 0 Å². The Labute approximate surface area is 143 Å². The summed E-state index contributed by atoms with van der Waals surface area (Å²) < 4.78 is 0. The van der Waals surface area contributed by atoms with Crippen molar-refractivity contribution < 1.29 is 4.79 Å². The molecule has 1 aliphatic rings. The molecule has 0 spiro atoms. The predicted molar refractivity (Wildman–Crippen MR) is 98.6 cm³/mol. The number of carbonyl (C=O) groups is 1. The number of benzene rings is 1. The van der Waals surface area contributed by atoms with E-state index < -0.39 is 0 Å². The lowest BCUT2D eigenvalue weighted by atomic mass is 10.0. The Kier molecular flexibility index (Phi) is 4.60. The highest BCUT2D eigenvalue weighted by Gasteiger charge is 2.26. The summed E-state index contributed by atoms with van der Waals surface area (Å²) in [6.45, 7) is 4.00. The Balaban J connectivity index is 1.72. The molecule has 0 radical (unpaired) electrons. The summed E-state index contributed by atoms with van der Waals surface area (Å²) in [5.41, 5.74) is 2.31. The number of aryl methyl sites for hydroxylation is 1. The van der Waals surface area contributed by atoms with Crippen molar-refractivity contribution in [2.24, 2.45) is 0 Å². The van der Waals surface area contributed by atoms with Gasteiger partial charge >= 0.3 is 6.03 Å². The zero-order chi connectivity index (χ0) is 17.3. The van der Waals surface area contributed by atoms with Crippen LogP contribution in [0.3, 0.4) is 0 Å². The van der Waals surface area contributed by atoms with Gasteiger partial charge in [-0.05, 0) is 37.5 Å². The van der Waals surface area contributed by atoms with Crippen LogP contribution in [0.15, 0.2) is 30.3 Å². The van der Waals surface area contributed by atoms with E-state index in [4.69, 9.17) is 4.98 Å². The molecular weight excluding hydrogens is 300 g/mol. The molecule has 1 aromatic carbocycles. The molecule has 0 saturated carbocycles. The molecule has 1 aliphatic heterocycles. The maximum Gasteiger partial charge on any atom is 0.319 e. The number of amides is 2. The van der Waals surface area contributed by atoms with Gasteiger partial charge in [-0.1, -0.05) is 18.2 Å². The monoisotopic (exact) mass is 326 g/mol. The molecule has 1 aromatic heterocycles. The Bertz CT molecular complexity index is 735. The molecule has 5 nitrogen and oxygen atoms in total. The van der Waals surface area contributed by atoms with E-state index in [0.29, 0.717) is 6.04 Å². The second kappa shape index (κ2) is 6.67. The topological polar surface area (TPSA) is 39.7 Å². The van der Waals surface area contributed by atoms with Crippen LogP contribution < -0.4 is 4.90 Å². The van der Waals surface area contributed by atoms with Gasteiger partial charge in [0, 0.05) is 45.7 Å². The van der Waals surface area contributed by atoms with Crippen molar-refractivity contribution in [2.45, 2.75) is 25.8 Å². The van der Waals surface area contributed by atoms with E-state index in [1.54, 1.807) is 19.0 Å². The van der Waals surface area contributed by atoms with Gasteiger partial charge in [-0.2, -0.15) is 0 Å². The number of carbonyl (C=O) groups excluding carboxylic acids is 1. The Morgan fingerprint density at radius 2 is 1.83 bits per heavy atom. The van der Waals surface area contributed by atoms with Crippen molar-refractivity contribution in [3.8, 4) is 0 Å². The second-order valence-corrected chi connectivity index (χ2v) is 6.82. The van der Waals surface area contributed by atoms with Gasteiger partial charge in [0.1, 0.15) is 5.82 Å². The molecule has 128 valence electrons. The summed E-state index contributed by atoms with van der Waals surface area (Å²) in [4.78, 5) is 22.8. The molecule has 0 atom stereocenters. The number of hydrogen-bond donors (Lipinski definition) is 0. The molecule has 0 bridgehead atoms. The van der Waals surface area contributed by atoms with E-state index in [9.17, 15) is 4.79 Å². The van der Waals surface area contributed by atoms with Gasteiger partial charge in [-0.25, -0.2) is 9.78 Å². The summed E-state index contributed by atoms with van der Waals surface area (Å²) in [6, 6.07) is 10.8. The lowest BCUT2D eigenvalue weighted by Crippen LogP contribution is -2.48. The fourth-order valence-corrected chi connectivity index (χ4v) is 3.45. The minimum atomic E-state index is 0.0770. The summed E-state index contributed by atoms with van der Waals surface area (Å²) in [5.74, 6) is 1.05. The Hall–Kier alpha value is -2.30. The smallest absolute Gasteiger partial charge is 0.319 e. The van der Waals surface area contributed by atoms with Crippen LogP contribution in [0.5, 0.6) is 0 Å². The van der Waals surface area contributed by atoms with Crippen LogP contribution in [0.4, 0.5) is 10.6 Å². The van der Waals surface area contributed by atoms with E-state index >= 15 is 0 Å². The van der Waals surface area contributed by atoms with Gasteiger partial charge in [-0.3, -0.25) is 0 Å². The van der Waals surface area contributed by atoms with Crippen LogP contribution in [0, 0.1) is 6.92 Å². The molecule has 2 heterocycles. The number of para-hydroxylation sites is 1. The van der Waals surface area contributed by atoms with Crippen LogP contribution in [0.2, 0.25) is 0 Å². The SMILES string of the molecule is Cc1cc(N2CCC(N(C)C(=O)N(C)C)CC2)nc2ccccc12. The largest absolute Gasteiger partial charge is 0.356 e. The molecule has 24 heavy (non-hydrogen) atoms. The van der Waals surface area contributed by atoms with Crippen molar-refractivity contribution in [2.75, 3.05) is 39.1 Å². The summed E-state index contributed by atoms with van der Waals surface area (Å²) in [5, 5.41) is 1.22. The summed E-state index contributed by atoms with van der Waals surface area (Å²) >= 11 is 0. The standard InChI is InChI=1S/C19H26N4O/c1-14-13-18(20-17-8-6-5-7-16(14)17)23-11-9-15(10-12-23)22(4)19(24)21(2)3/h5-8,13,15H,9-12H2,1-4H3. The first-order chi connectivity index (χ1) is 11.5. The van der Waals surface area contributed by atoms with Gasteiger partial charge in [0.05, 0.1) is 5.52 Å². The molecule has 2 amide bonds. The maximum absolute atomic E-state index is 12.1. The third-order valence-electron chi connectivity index (χ3n) is 4.93. The highest BCUT2D eigenvalue weighted by molar-refractivity contribution is 5.83. The van der Waals surface area contributed by atoms with Crippen LogP contribution in [-0.4, -0.2) is 61.1 Å². The van der Waals surface area contributed by atoms with E-state index in [2.05, 4.69) is 36.1 Å². The van der Waals surface area contributed by atoms with Crippen molar-refractivity contribution in [1.29, 1.82) is 0 Å². The summed E-state index contributed by atoms with van der Waals surface area (Å²) in [7, 11) is 5.51. The first-order valence-electron chi connectivity index (χ1n) is 8.53. The average molecular weight is 326 g/mol. The van der Waals surface area contributed by atoms with Crippen molar-refractivity contribution in [3.05, 3.63) is 35.9 Å². The minimum absolute atomic E-state index is 0.0770. The minimum Gasteiger partial charge on any atom is -0.356 e. The first kappa shape index (κ1) is 16.6. The van der Waals surface area contributed by atoms with Crippen molar-refractivity contribution in [3.63, 3.8) is 0 Å². The number of anilines is 1. The predicted octanol–water partition coefficient (Wildman–Crippen LogP) is 3.13. The number of fused-ring (bicyclic) bond motifs is 1. The molecule has 1 fully saturated rings. The van der Waals surface area contributed by atoms with Crippen molar-refractivity contribution in [1.82, 2.24) is 14.8 Å². The van der Waals surface area contributed by atoms with E-state index in [-0.39, 0.29) is 6.03 Å². The van der Waals surface area contributed by atoms with Crippen LogP contribution in [0.1, 0.15) is 18.4 Å². The molecule has 3 rings (SSSR count).